The van der Waals surface area contributed by atoms with Crippen molar-refractivity contribution in [3.05, 3.63) is 23.8 Å². The monoisotopic (exact) mass is 360 g/mol. The Labute approximate surface area is 144 Å². The van der Waals surface area contributed by atoms with Gasteiger partial charge in [-0.15, -0.1) is 18.2 Å². The van der Waals surface area contributed by atoms with Crippen molar-refractivity contribution in [2.45, 2.75) is 45.9 Å². The van der Waals surface area contributed by atoms with Gasteiger partial charge < -0.3 is 15.3 Å². The molecular formula is C17H23F3N2O3. The molecule has 1 fully saturated rings. The number of alkyl halides is 3. The Morgan fingerprint density at radius 2 is 1.80 bits per heavy atom. The molecule has 0 saturated carbocycles. The minimum atomic E-state index is -4.78. The molecular weight excluding hydrogens is 337 g/mol. The van der Waals surface area contributed by atoms with Crippen LogP contribution in [-0.2, 0) is 9.63 Å². The molecule has 25 heavy (non-hydrogen) atoms. The van der Waals surface area contributed by atoms with Crippen LogP contribution in [-0.4, -0.2) is 30.5 Å². The molecule has 1 heterocycles. The smallest absolute Gasteiger partial charge is 0.404 e. The first-order valence-electron chi connectivity index (χ1n) is 8.08. The summed E-state index contributed by atoms with van der Waals surface area (Å²) in [6.45, 7) is 6.37. The summed E-state index contributed by atoms with van der Waals surface area (Å²) in [5, 5.41) is 1.61. The van der Waals surface area contributed by atoms with Gasteiger partial charge in [-0.05, 0) is 57.2 Å². The first kappa shape index (κ1) is 19.4. The second kappa shape index (κ2) is 7.11. The number of carbonyl (C=O) groups is 1. The van der Waals surface area contributed by atoms with E-state index in [1.165, 1.54) is 12.1 Å². The van der Waals surface area contributed by atoms with Crippen molar-refractivity contribution < 1.29 is 27.5 Å². The SMILES string of the molecule is CC(C)(C)C(=O)ON1CCC(c2ccc(N)c(OC(F)(F)F)c2)CC1. The number of benzene rings is 1. The van der Waals surface area contributed by atoms with Crippen LogP contribution in [0.25, 0.3) is 0 Å². The predicted octanol–water partition coefficient (Wildman–Crippen LogP) is 3.85. The van der Waals surface area contributed by atoms with E-state index < -0.39 is 11.8 Å². The third kappa shape index (κ3) is 5.52. The number of hydroxylamine groups is 2. The Hall–Kier alpha value is -1.96. The highest BCUT2D eigenvalue weighted by atomic mass is 19.4. The maximum absolute atomic E-state index is 12.4. The lowest BCUT2D eigenvalue weighted by molar-refractivity contribution is -0.274. The summed E-state index contributed by atoms with van der Waals surface area (Å²) in [5.74, 6) is -0.633. The Balaban J connectivity index is 1.99. The van der Waals surface area contributed by atoms with Gasteiger partial charge in [0.1, 0.15) is 0 Å². The van der Waals surface area contributed by atoms with Crippen LogP contribution in [0.4, 0.5) is 18.9 Å². The zero-order valence-electron chi connectivity index (χ0n) is 14.5. The molecule has 5 nitrogen and oxygen atoms in total. The zero-order valence-corrected chi connectivity index (χ0v) is 14.5. The summed E-state index contributed by atoms with van der Waals surface area (Å²) in [6.07, 6.45) is -3.46. The number of nitrogen functional groups attached to an aromatic ring is 1. The molecule has 1 aliphatic rings. The number of hydrogen-bond donors (Lipinski definition) is 1. The number of piperidine rings is 1. The molecule has 2 rings (SSSR count). The number of ether oxygens (including phenoxy) is 1. The highest BCUT2D eigenvalue weighted by molar-refractivity contribution is 5.75. The van der Waals surface area contributed by atoms with Crippen LogP contribution in [0.5, 0.6) is 5.75 Å². The summed E-state index contributed by atoms with van der Waals surface area (Å²) in [5.41, 5.74) is 5.64. The van der Waals surface area contributed by atoms with E-state index in [0.717, 1.165) is 5.56 Å². The molecule has 0 aromatic heterocycles. The molecule has 0 spiro atoms. The van der Waals surface area contributed by atoms with Crippen LogP contribution in [0.1, 0.15) is 45.1 Å². The van der Waals surface area contributed by atoms with Crippen molar-refractivity contribution in [1.82, 2.24) is 5.06 Å². The highest BCUT2D eigenvalue weighted by Crippen LogP contribution is 2.35. The van der Waals surface area contributed by atoms with Crippen LogP contribution < -0.4 is 10.5 Å². The molecule has 0 bridgehead atoms. The Bertz CT molecular complexity index is 619. The molecule has 1 aliphatic heterocycles. The molecule has 0 aliphatic carbocycles. The van der Waals surface area contributed by atoms with E-state index in [4.69, 9.17) is 10.6 Å². The van der Waals surface area contributed by atoms with Gasteiger partial charge in [0.15, 0.2) is 5.75 Å². The number of nitrogens with zero attached hydrogens (tertiary/aromatic N) is 1. The molecule has 1 saturated heterocycles. The zero-order chi connectivity index (χ0) is 18.8. The van der Waals surface area contributed by atoms with Crippen molar-refractivity contribution in [2.75, 3.05) is 18.8 Å². The maximum Gasteiger partial charge on any atom is 0.573 e. The third-order valence-corrected chi connectivity index (χ3v) is 4.01. The molecule has 140 valence electrons. The van der Waals surface area contributed by atoms with Crippen molar-refractivity contribution >= 4 is 11.7 Å². The van der Waals surface area contributed by atoms with E-state index in [1.807, 2.05) is 0 Å². The van der Waals surface area contributed by atoms with Crippen molar-refractivity contribution in [1.29, 1.82) is 0 Å². The number of halogens is 3. The molecule has 1 aromatic rings. The van der Waals surface area contributed by atoms with E-state index in [-0.39, 0.29) is 23.3 Å². The van der Waals surface area contributed by atoms with E-state index in [1.54, 1.807) is 31.9 Å². The topological polar surface area (TPSA) is 64.8 Å². The summed E-state index contributed by atoms with van der Waals surface area (Å²) in [6, 6.07) is 4.47. The maximum atomic E-state index is 12.4. The minimum absolute atomic E-state index is 0.0563. The van der Waals surface area contributed by atoms with Crippen LogP contribution in [0.15, 0.2) is 18.2 Å². The fourth-order valence-electron chi connectivity index (χ4n) is 2.55. The van der Waals surface area contributed by atoms with Gasteiger partial charge >= 0.3 is 12.3 Å². The summed E-state index contributed by atoms with van der Waals surface area (Å²) in [4.78, 5) is 17.2. The minimum Gasteiger partial charge on any atom is -0.404 e. The molecule has 0 atom stereocenters. The van der Waals surface area contributed by atoms with E-state index >= 15 is 0 Å². The predicted molar refractivity (Wildman–Crippen MR) is 86.6 cm³/mol. The lowest BCUT2D eigenvalue weighted by Crippen LogP contribution is -2.38. The van der Waals surface area contributed by atoms with Gasteiger partial charge in [0.05, 0.1) is 11.1 Å². The average Bonchev–Trinajstić information content (AvgIpc) is 2.48. The van der Waals surface area contributed by atoms with Crippen LogP contribution >= 0.6 is 0 Å². The second-order valence-electron chi connectivity index (χ2n) is 7.18. The Morgan fingerprint density at radius 1 is 1.20 bits per heavy atom. The van der Waals surface area contributed by atoms with E-state index in [0.29, 0.717) is 25.9 Å². The Kier molecular flexibility index (Phi) is 5.51. The van der Waals surface area contributed by atoms with Gasteiger partial charge in [-0.2, -0.15) is 0 Å². The van der Waals surface area contributed by atoms with Gasteiger partial charge in [-0.1, -0.05) is 6.07 Å². The summed E-state index contributed by atoms with van der Waals surface area (Å²) < 4.78 is 41.3. The van der Waals surface area contributed by atoms with Gasteiger partial charge in [-0.25, -0.2) is 4.79 Å². The lowest BCUT2D eigenvalue weighted by Gasteiger charge is -2.32. The number of rotatable bonds is 3. The molecule has 1 aromatic carbocycles. The number of anilines is 1. The first-order chi connectivity index (χ1) is 11.5. The fraction of sp³-hybridized carbons (Fsp3) is 0.588. The largest absolute Gasteiger partial charge is 0.573 e. The molecule has 0 radical (unpaired) electrons. The molecule has 8 heteroatoms. The second-order valence-corrected chi connectivity index (χ2v) is 7.18. The van der Waals surface area contributed by atoms with Gasteiger partial charge in [-0.3, -0.25) is 0 Å². The van der Waals surface area contributed by atoms with E-state index in [2.05, 4.69) is 4.74 Å². The Morgan fingerprint density at radius 3 is 2.32 bits per heavy atom. The van der Waals surface area contributed by atoms with Gasteiger partial charge in [0.2, 0.25) is 0 Å². The van der Waals surface area contributed by atoms with Crippen molar-refractivity contribution in [2.24, 2.45) is 5.41 Å². The summed E-state index contributed by atoms with van der Waals surface area (Å²) >= 11 is 0. The molecule has 2 N–H and O–H groups in total. The number of nitrogens with two attached hydrogens (primary N) is 1. The summed E-state index contributed by atoms with van der Waals surface area (Å²) in [7, 11) is 0. The normalized spacial score (nSPS) is 17.4. The van der Waals surface area contributed by atoms with Gasteiger partial charge in [0.25, 0.3) is 0 Å². The highest BCUT2D eigenvalue weighted by Gasteiger charge is 2.33. The third-order valence-electron chi connectivity index (χ3n) is 4.01. The molecule has 0 unspecified atom stereocenters. The van der Waals surface area contributed by atoms with Crippen LogP contribution in [0.2, 0.25) is 0 Å². The number of carbonyl (C=O) groups excluding carboxylic acids is 1. The average molecular weight is 360 g/mol. The van der Waals surface area contributed by atoms with Crippen LogP contribution in [0, 0.1) is 5.41 Å². The van der Waals surface area contributed by atoms with Crippen LogP contribution in [0.3, 0.4) is 0 Å². The quantitative estimate of drug-likeness (QED) is 0.830. The van der Waals surface area contributed by atoms with E-state index in [9.17, 15) is 18.0 Å². The lowest BCUT2D eigenvalue weighted by atomic mass is 9.90. The van der Waals surface area contributed by atoms with Crippen molar-refractivity contribution in [3.63, 3.8) is 0 Å². The number of hydrogen-bond acceptors (Lipinski definition) is 5. The van der Waals surface area contributed by atoms with Gasteiger partial charge in [0, 0.05) is 13.1 Å². The first-order valence-corrected chi connectivity index (χ1v) is 8.08. The standard InChI is InChI=1S/C17H23F3N2O3/c1-16(2,3)15(23)25-22-8-6-11(7-9-22)12-4-5-13(21)14(10-12)24-17(18,19)20/h4-5,10-11H,6-9,21H2,1-3H3. The van der Waals surface area contributed by atoms with Crippen molar-refractivity contribution in [3.8, 4) is 5.75 Å². The fourth-order valence-corrected chi connectivity index (χ4v) is 2.55. The molecule has 0 amide bonds.